The number of hydrogen-bond acceptors (Lipinski definition) is 5. The molecule has 168 valence electrons. The lowest BCUT2D eigenvalue weighted by Crippen LogP contribution is -1.95. The fraction of sp³-hybridized carbons (Fsp3) is 0.143. The molecule has 0 saturated carbocycles. The number of rotatable bonds is 6. The first-order valence-electron chi connectivity index (χ1n) is 10.8. The van der Waals surface area contributed by atoms with Crippen molar-refractivity contribution in [1.82, 2.24) is 0 Å². The summed E-state index contributed by atoms with van der Waals surface area (Å²) in [5.41, 5.74) is 17.3. The van der Waals surface area contributed by atoms with Gasteiger partial charge in [0.1, 0.15) is 34.5 Å². The Kier molecular flexibility index (Phi) is 6.13. The van der Waals surface area contributed by atoms with E-state index in [0.29, 0.717) is 11.5 Å². The normalized spacial score (nSPS) is 10.7. The lowest BCUT2D eigenvalue weighted by molar-refractivity contribution is 0.460. The van der Waals surface area contributed by atoms with E-state index in [0.717, 1.165) is 56.6 Å². The van der Waals surface area contributed by atoms with E-state index in [2.05, 4.69) is 0 Å². The molecular formula is C28H28N2O3. The molecule has 4 aromatic carbocycles. The van der Waals surface area contributed by atoms with Crippen molar-refractivity contribution in [1.29, 1.82) is 0 Å². The number of aryl methyl sites for hydroxylation is 4. The lowest BCUT2D eigenvalue weighted by Gasteiger charge is -2.14. The number of ether oxygens (including phenoxy) is 3. The summed E-state index contributed by atoms with van der Waals surface area (Å²) in [6, 6.07) is 22.7. The molecule has 0 aromatic heterocycles. The summed E-state index contributed by atoms with van der Waals surface area (Å²) in [4.78, 5) is 0. The van der Waals surface area contributed by atoms with Gasteiger partial charge in [0.25, 0.3) is 0 Å². The number of hydrogen-bond donors (Lipinski definition) is 2. The van der Waals surface area contributed by atoms with Crippen molar-refractivity contribution in [2.75, 3.05) is 11.5 Å². The monoisotopic (exact) mass is 440 g/mol. The minimum absolute atomic E-state index is 0.715. The number of nitrogens with two attached hydrogens (primary N) is 2. The van der Waals surface area contributed by atoms with E-state index >= 15 is 0 Å². The standard InChI is InChI=1S/C28H28N2O3/c1-17-13-21(29)14-18(2)27(17)32-25-9-5-23(6-10-25)31-24-7-11-26(12-8-24)33-28-19(3)15-22(30)16-20(28)4/h5-16H,29-30H2,1-4H3. The molecule has 4 aromatic rings. The molecule has 0 aliphatic rings. The maximum Gasteiger partial charge on any atom is 0.133 e. The van der Waals surface area contributed by atoms with Crippen molar-refractivity contribution in [3.8, 4) is 34.5 Å². The Morgan fingerprint density at radius 1 is 0.424 bits per heavy atom. The van der Waals surface area contributed by atoms with Crippen molar-refractivity contribution in [3.05, 3.63) is 95.1 Å². The van der Waals surface area contributed by atoms with Crippen LogP contribution in [0.1, 0.15) is 22.3 Å². The van der Waals surface area contributed by atoms with E-state index in [-0.39, 0.29) is 0 Å². The summed E-state index contributed by atoms with van der Waals surface area (Å²) >= 11 is 0. The molecule has 0 aliphatic carbocycles. The molecule has 0 unspecified atom stereocenters. The molecule has 0 spiro atoms. The van der Waals surface area contributed by atoms with Crippen molar-refractivity contribution in [2.45, 2.75) is 27.7 Å². The molecule has 0 saturated heterocycles. The first kappa shape index (κ1) is 22.1. The predicted octanol–water partition coefficient (Wildman–Crippen LogP) is 7.46. The summed E-state index contributed by atoms with van der Waals surface area (Å²) in [6.45, 7) is 7.94. The largest absolute Gasteiger partial charge is 0.457 e. The SMILES string of the molecule is Cc1cc(N)cc(C)c1Oc1ccc(Oc2ccc(Oc3c(C)cc(N)cc3C)cc2)cc1. The second-order valence-corrected chi connectivity index (χ2v) is 8.22. The number of nitrogen functional groups attached to an aromatic ring is 2. The molecule has 0 aliphatic heterocycles. The van der Waals surface area contributed by atoms with Crippen LogP contribution in [0.2, 0.25) is 0 Å². The topological polar surface area (TPSA) is 79.7 Å². The molecule has 0 heterocycles. The van der Waals surface area contributed by atoms with E-state index in [1.54, 1.807) is 0 Å². The summed E-state index contributed by atoms with van der Waals surface area (Å²) in [5, 5.41) is 0. The van der Waals surface area contributed by atoms with E-state index < -0.39 is 0 Å². The molecule has 4 rings (SSSR count). The molecule has 5 nitrogen and oxygen atoms in total. The smallest absolute Gasteiger partial charge is 0.133 e. The van der Waals surface area contributed by atoms with Gasteiger partial charge in [-0.3, -0.25) is 0 Å². The van der Waals surface area contributed by atoms with Crippen molar-refractivity contribution >= 4 is 11.4 Å². The lowest BCUT2D eigenvalue weighted by atomic mass is 10.1. The molecule has 0 bridgehead atoms. The minimum Gasteiger partial charge on any atom is -0.457 e. The van der Waals surface area contributed by atoms with Crippen LogP contribution in [0.3, 0.4) is 0 Å². The van der Waals surface area contributed by atoms with E-state index in [1.807, 2.05) is 100 Å². The third-order valence-electron chi connectivity index (χ3n) is 5.29. The van der Waals surface area contributed by atoms with Gasteiger partial charge in [-0.2, -0.15) is 0 Å². The Balaban J connectivity index is 1.42. The van der Waals surface area contributed by atoms with Crippen LogP contribution < -0.4 is 25.7 Å². The van der Waals surface area contributed by atoms with Gasteiger partial charge in [-0.25, -0.2) is 0 Å². The van der Waals surface area contributed by atoms with Crippen molar-refractivity contribution in [2.24, 2.45) is 0 Å². The van der Waals surface area contributed by atoms with Crippen LogP contribution in [-0.2, 0) is 0 Å². The maximum absolute atomic E-state index is 6.06. The molecular weight excluding hydrogens is 412 g/mol. The van der Waals surface area contributed by atoms with Crippen molar-refractivity contribution < 1.29 is 14.2 Å². The highest BCUT2D eigenvalue weighted by Crippen LogP contribution is 2.34. The fourth-order valence-corrected chi connectivity index (χ4v) is 3.81. The highest BCUT2D eigenvalue weighted by Gasteiger charge is 2.09. The zero-order valence-electron chi connectivity index (χ0n) is 19.3. The third kappa shape index (κ3) is 5.21. The molecule has 5 heteroatoms. The average Bonchev–Trinajstić information content (AvgIpc) is 2.75. The van der Waals surface area contributed by atoms with Gasteiger partial charge < -0.3 is 25.7 Å². The van der Waals surface area contributed by atoms with E-state index in [1.165, 1.54) is 0 Å². The highest BCUT2D eigenvalue weighted by molar-refractivity contribution is 5.55. The fourth-order valence-electron chi connectivity index (χ4n) is 3.81. The summed E-state index contributed by atoms with van der Waals surface area (Å²) in [5.74, 6) is 4.53. The van der Waals surface area contributed by atoms with E-state index in [9.17, 15) is 0 Å². The Morgan fingerprint density at radius 2 is 0.667 bits per heavy atom. The van der Waals surface area contributed by atoms with Gasteiger partial charge in [0.05, 0.1) is 0 Å². The third-order valence-corrected chi connectivity index (χ3v) is 5.29. The first-order chi connectivity index (χ1) is 15.8. The van der Waals surface area contributed by atoms with Gasteiger partial charge in [-0.05, 0) is 123 Å². The molecule has 0 atom stereocenters. The summed E-state index contributed by atoms with van der Waals surface area (Å²) in [7, 11) is 0. The average molecular weight is 441 g/mol. The van der Waals surface area contributed by atoms with Gasteiger partial charge in [0.15, 0.2) is 0 Å². The zero-order valence-corrected chi connectivity index (χ0v) is 19.3. The van der Waals surface area contributed by atoms with Crippen LogP contribution in [0.15, 0.2) is 72.8 Å². The van der Waals surface area contributed by atoms with Crippen LogP contribution in [0.4, 0.5) is 11.4 Å². The Bertz CT molecular complexity index is 1130. The van der Waals surface area contributed by atoms with Crippen LogP contribution >= 0.6 is 0 Å². The highest BCUT2D eigenvalue weighted by atomic mass is 16.5. The molecule has 0 amide bonds. The molecule has 0 fully saturated rings. The molecule has 0 radical (unpaired) electrons. The Labute approximate surface area is 194 Å². The molecule has 4 N–H and O–H groups in total. The molecule has 33 heavy (non-hydrogen) atoms. The minimum atomic E-state index is 0.715. The van der Waals surface area contributed by atoms with Gasteiger partial charge >= 0.3 is 0 Å². The number of benzene rings is 4. The number of anilines is 2. The Morgan fingerprint density at radius 3 is 0.939 bits per heavy atom. The predicted molar refractivity (Wildman–Crippen MR) is 134 cm³/mol. The second-order valence-electron chi connectivity index (χ2n) is 8.22. The van der Waals surface area contributed by atoms with Crippen LogP contribution in [-0.4, -0.2) is 0 Å². The quantitative estimate of drug-likeness (QED) is 0.304. The first-order valence-corrected chi connectivity index (χ1v) is 10.8. The van der Waals surface area contributed by atoms with Crippen LogP contribution in [0.5, 0.6) is 34.5 Å². The van der Waals surface area contributed by atoms with Crippen molar-refractivity contribution in [3.63, 3.8) is 0 Å². The second kappa shape index (κ2) is 9.17. The summed E-state index contributed by atoms with van der Waals surface area (Å²) < 4.78 is 18.1. The van der Waals surface area contributed by atoms with Gasteiger partial charge in [0.2, 0.25) is 0 Å². The van der Waals surface area contributed by atoms with Gasteiger partial charge in [0, 0.05) is 11.4 Å². The van der Waals surface area contributed by atoms with Crippen LogP contribution in [0.25, 0.3) is 0 Å². The Hall–Kier alpha value is -4.12. The maximum atomic E-state index is 6.06. The summed E-state index contributed by atoms with van der Waals surface area (Å²) in [6.07, 6.45) is 0. The van der Waals surface area contributed by atoms with Gasteiger partial charge in [-0.1, -0.05) is 0 Å². The zero-order chi connectivity index (χ0) is 23.5. The van der Waals surface area contributed by atoms with Crippen LogP contribution in [0, 0.1) is 27.7 Å². The van der Waals surface area contributed by atoms with E-state index in [4.69, 9.17) is 25.7 Å². The van der Waals surface area contributed by atoms with Gasteiger partial charge in [-0.15, -0.1) is 0 Å².